The van der Waals surface area contributed by atoms with Gasteiger partial charge in [0.2, 0.25) is 0 Å². The van der Waals surface area contributed by atoms with Gasteiger partial charge in [0.05, 0.1) is 17.7 Å². The van der Waals surface area contributed by atoms with Crippen LogP contribution in [0.25, 0.3) is 0 Å². The zero-order valence-corrected chi connectivity index (χ0v) is 15.4. The van der Waals surface area contributed by atoms with E-state index in [0.717, 1.165) is 18.7 Å². The van der Waals surface area contributed by atoms with E-state index in [4.69, 9.17) is 0 Å². The normalized spacial score (nSPS) is 11.2. The first-order chi connectivity index (χ1) is 11.3. The molecule has 0 N–H and O–H groups in total. The van der Waals surface area contributed by atoms with Gasteiger partial charge in [0.25, 0.3) is 10.0 Å². The predicted molar refractivity (Wildman–Crippen MR) is 91.8 cm³/mol. The van der Waals surface area contributed by atoms with Gasteiger partial charge in [0.1, 0.15) is 12.4 Å². The van der Waals surface area contributed by atoms with Crippen LogP contribution in [0.1, 0.15) is 5.56 Å². The van der Waals surface area contributed by atoms with Crippen molar-refractivity contribution in [1.29, 1.82) is 0 Å². The van der Waals surface area contributed by atoms with Gasteiger partial charge in [0, 0.05) is 4.47 Å². The van der Waals surface area contributed by atoms with Crippen molar-refractivity contribution in [3.63, 3.8) is 0 Å². The highest BCUT2D eigenvalue weighted by Crippen LogP contribution is 2.28. The molecule has 8 heteroatoms. The molecule has 0 radical (unpaired) electrons. The first-order valence-electron chi connectivity index (χ1n) is 6.87. The molecule has 5 nitrogen and oxygen atoms in total. The molecule has 0 saturated heterocycles. The number of aryl methyl sites for hydroxylation is 1. The fraction of sp³-hybridized carbons (Fsp3) is 0.188. The Morgan fingerprint density at radius 1 is 1.21 bits per heavy atom. The molecule has 2 aromatic carbocycles. The first kappa shape index (κ1) is 18.4. The summed E-state index contributed by atoms with van der Waals surface area (Å²) >= 11 is 3.11. The molecule has 0 fully saturated rings. The van der Waals surface area contributed by atoms with Crippen molar-refractivity contribution in [3.8, 4) is 0 Å². The second kappa shape index (κ2) is 7.31. The van der Waals surface area contributed by atoms with Crippen LogP contribution in [0.3, 0.4) is 0 Å². The number of sulfonamides is 1. The number of halogens is 2. The second-order valence-corrected chi connectivity index (χ2v) is 7.77. The summed E-state index contributed by atoms with van der Waals surface area (Å²) in [5, 5.41) is 0. The number of carbonyl (C=O) groups is 1. The lowest BCUT2D eigenvalue weighted by molar-refractivity contribution is -0.138. The molecule has 0 aromatic heterocycles. The van der Waals surface area contributed by atoms with E-state index in [-0.39, 0.29) is 10.6 Å². The van der Waals surface area contributed by atoms with Crippen LogP contribution in [0, 0.1) is 12.7 Å². The number of ether oxygens (including phenoxy) is 1. The molecule has 0 atom stereocenters. The van der Waals surface area contributed by atoms with Crippen LogP contribution in [0.15, 0.2) is 51.8 Å². The van der Waals surface area contributed by atoms with E-state index in [2.05, 4.69) is 20.7 Å². The maximum atomic E-state index is 14.3. The summed E-state index contributed by atoms with van der Waals surface area (Å²) in [6.45, 7) is 1.18. The van der Waals surface area contributed by atoms with Gasteiger partial charge in [-0.3, -0.25) is 9.10 Å². The third kappa shape index (κ3) is 3.93. The number of anilines is 1. The fourth-order valence-electron chi connectivity index (χ4n) is 2.00. The number of hydrogen-bond acceptors (Lipinski definition) is 4. The van der Waals surface area contributed by atoms with Gasteiger partial charge in [0.15, 0.2) is 0 Å². The number of hydrogen-bond donors (Lipinski definition) is 0. The van der Waals surface area contributed by atoms with Crippen molar-refractivity contribution in [1.82, 2.24) is 0 Å². The van der Waals surface area contributed by atoms with Crippen molar-refractivity contribution in [2.75, 3.05) is 18.0 Å². The number of nitrogens with zero attached hydrogens (tertiary/aromatic N) is 1. The van der Waals surface area contributed by atoms with E-state index in [1.807, 2.05) is 6.92 Å². The van der Waals surface area contributed by atoms with Gasteiger partial charge in [-0.2, -0.15) is 0 Å². The minimum Gasteiger partial charge on any atom is -0.468 e. The molecular formula is C16H15BrFNO4S. The number of benzene rings is 2. The number of esters is 1. The Hall–Kier alpha value is -1.93. The molecule has 0 spiro atoms. The van der Waals surface area contributed by atoms with Gasteiger partial charge in [-0.1, -0.05) is 33.6 Å². The molecule has 0 heterocycles. The molecule has 0 saturated carbocycles. The molecule has 0 aliphatic heterocycles. The van der Waals surface area contributed by atoms with Gasteiger partial charge in [-0.15, -0.1) is 0 Å². The van der Waals surface area contributed by atoms with E-state index >= 15 is 0 Å². The Bertz CT molecular complexity index is 853. The lowest BCUT2D eigenvalue weighted by Crippen LogP contribution is -2.37. The molecule has 0 unspecified atom stereocenters. The minimum atomic E-state index is -4.13. The van der Waals surface area contributed by atoms with Crippen LogP contribution >= 0.6 is 15.9 Å². The maximum Gasteiger partial charge on any atom is 0.326 e. The number of rotatable bonds is 5. The van der Waals surface area contributed by atoms with E-state index in [1.54, 1.807) is 12.1 Å². The summed E-state index contributed by atoms with van der Waals surface area (Å²) in [4.78, 5) is 11.6. The van der Waals surface area contributed by atoms with Crippen LogP contribution in [0.4, 0.5) is 10.1 Å². The van der Waals surface area contributed by atoms with Crippen LogP contribution in [-0.4, -0.2) is 28.0 Å². The van der Waals surface area contributed by atoms with Gasteiger partial charge in [-0.25, -0.2) is 12.8 Å². The SMILES string of the molecule is COC(=O)CN(c1ccc(Br)cc1F)S(=O)(=O)c1ccc(C)cc1. The monoisotopic (exact) mass is 415 g/mol. The highest BCUT2D eigenvalue weighted by molar-refractivity contribution is 9.10. The summed E-state index contributed by atoms with van der Waals surface area (Å²) in [5.74, 6) is -1.57. The zero-order chi connectivity index (χ0) is 17.9. The quantitative estimate of drug-likeness (QED) is 0.702. The van der Waals surface area contributed by atoms with Crippen molar-refractivity contribution in [2.24, 2.45) is 0 Å². The number of methoxy groups -OCH3 is 1. The van der Waals surface area contributed by atoms with E-state index in [9.17, 15) is 17.6 Å². The zero-order valence-electron chi connectivity index (χ0n) is 13.0. The lowest BCUT2D eigenvalue weighted by Gasteiger charge is -2.24. The first-order valence-corrected chi connectivity index (χ1v) is 9.10. The molecule has 24 heavy (non-hydrogen) atoms. The third-order valence-corrected chi connectivity index (χ3v) is 5.55. The van der Waals surface area contributed by atoms with E-state index < -0.39 is 28.4 Å². The number of carbonyl (C=O) groups excluding carboxylic acids is 1. The van der Waals surface area contributed by atoms with E-state index in [1.165, 1.54) is 24.3 Å². The molecule has 2 aromatic rings. The summed E-state index contributed by atoms with van der Waals surface area (Å²) in [7, 11) is -3.00. The highest BCUT2D eigenvalue weighted by Gasteiger charge is 2.29. The minimum absolute atomic E-state index is 0.0423. The average molecular weight is 416 g/mol. The standard InChI is InChI=1S/C16H15BrFNO4S/c1-11-3-6-13(7-4-11)24(21,22)19(10-16(20)23-2)15-8-5-12(17)9-14(15)18/h3-9H,10H2,1-2H3. The molecule has 0 aliphatic rings. The summed E-state index contributed by atoms with van der Waals surface area (Å²) < 4.78 is 45.7. The Morgan fingerprint density at radius 3 is 2.38 bits per heavy atom. The molecular weight excluding hydrogens is 401 g/mol. The Kier molecular flexibility index (Phi) is 5.61. The smallest absolute Gasteiger partial charge is 0.326 e. The molecule has 0 bridgehead atoms. The molecule has 2 rings (SSSR count). The fourth-order valence-corrected chi connectivity index (χ4v) is 3.75. The Balaban J connectivity index is 2.57. The molecule has 128 valence electrons. The predicted octanol–water partition coefficient (Wildman–Crippen LogP) is 3.26. The Morgan fingerprint density at radius 2 is 1.83 bits per heavy atom. The van der Waals surface area contributed by atoms with Crippen LogP contribution in [-0.2, 0) is 19.6 Å². The van der Waals surface area contributed by atoms with Crippen LogP contribution in [0.5, 0.6) is 0 Å². The van der Waals surface area contributed by atoms with Crippen molar-refractivity contribution in [3.05, 3.63) is 58.3 Å². The van der Waals surface area contributed by atoms with Crippen molar-refractivity contribution in [2.45, 2.75) is 11.8 Å². The van der Waals surface area contributed by atoms with E-state index in [0.29, 0.717) is 8.78 Å². The average Bonchev–Trinajstić information content (AvgIpc) is 2.53. The second-order valence-electron chi connectivity index (χ2n) is 5.00. The topological polar surface area (TPSA) is 63.7 Å². The summed E-state index contributed by atoms with van der Waals surface area (Å²) in [5.41, 5.74) is 0.646. The molecule has 0 aliphatic carbocycles. The maximum absolute atomic E-state index is 14.3. The lowest BCUT2D eigenvalue weighted by atomic mass is 10.2. The Labute approximate surface area is 148 Å². The molecule has 0 amide bonds. The summed E-state index contributed by atoms with van der Waals surface area (Å²) in [6, 6.07) is 9.98. The third-order valence-electron chi connectivity index (χ3n) is 3.29. The van der Waals surface area contributed by atoms with Crippen LogP contribution < -0.4 is 4.31 Å². The summed E-state index contributed by atoms with van der Waals surface area (Å²) in [6.07, 6.45) is 0. The van der Waals surface area contributed by atoms with Gasteiger partial charge >= 0.3 is 5.97 Å². The highest BCUT2D eigenvalue weighted by atomic mass is 79.9. The van der Waals surface area contributed by atoms with Crippen molar-refractivity contribution < 1.29 is 22.3 Å². The van der Waals surface area contributed by atoms with Gasteiger partial charge < -0.3 is 4.74 Å². The van der Waals surface area contributed by atoms with Gasteiger partial charge in [-0.05, 0) is 37.3 Å². The van der Waals surface area contributed by atoms with Crippen molar-refractivity contribution >= 4 is 37.6 Å². The largest absolute Gasteiger partial charge is 0.468 e. The van der Waals surface area contributed by atoms with Crippen LogP contribution in [0.2, 0.25) is 0 Å².